The molecule has 3 heteroatoms. The molecule has 3 nitrogen and oxygen atoms in total. The van der Waals surface area contributed by atoms with Gasteiger partial charge in [-0.25, -0.2) is 0 Å². The summed E-state index contributed by atoms with van der Waals surface area (Å²) >= 11 is 0. The zero-order valence-corrected chi connectivity index (χ0v) is 13.8. The van der Waals surface area contributed by atoms with E-state index in [4.69, 9.17) is 10.5 Å². The summed E-state index contributed by atoms with van der Waals surface area (Å²) in [5.74, 6) is 0.727. The fourth-order valence-corrected chi connectivity index (χ4v) is 3.48. The summed E-state index contributed by atoms with van der Waals surface area (Å²) in [4.78, 5) is 2.53. The third-order valence-electron chi connectivity index (χ3n) is 5.07. The Kier molecular flexibility index (Phi) is 5.84. The topological polar surface area (TPSA) is 38.5 Å². The van der Waals surface area contributed by atoms with Gasteiger partial charge in [0.25, 0.3) is 0 Å². The average molecular weight is 270 g/mol. The molecule has 1 aliphatic rings. The van der Waals surface area contributed by atoms with Gasteiger partial charge in [-0.1, -0.05) is 20.8 Å². The zero-order valence-electron chi connectivity index (χ0n) is 13.8. The van der Waals surface area contributed by atoms with Crippen molar-refractivity contribution in [1.29, 1.82) is 0 Å². The Bertz CT molecular complexity index is 282. The van der Waals surface area contributed by atoms with Crippen LogP contribution in [0.5, 0.6) is 0 Å². The smallest absolute Gasteiger partial charge is 0.0670 e. The van der Waals surface area contributed by atoms with Gasteiger partial charge in [-0.15, -0.1) is 0 Å². The summed E-state index contributed by atoms with van der Waals surface area (Å²) < 4.78 is 6.00. The second-order valence-corrected chi connectivity index (χ2v) is 7.10. The van der Waals surface area contributed by atoms with Gasteiger partial charge in [0.2, 0.25) is 0 Å². The first-order valence-corrected chi connectivity index (χ1v) is 7.85. The van der Waals surface area contributed by atoms with Crippen LogP contribution in [-0.4, -0.2) is 42.3 Å². The van der Waals surface area contributed by atoms with Gasteiger partial charge in [0.15, 0.2) is 0 Å². The van der Waals surface area contributed by atoms with Crippen LogP contribution in [0, 0.1) is 5.92 Å². The number of likely N-dealkylation sites (N-methyl/N-ethyl adjacent to an activating group) is 1. The molecule has 0 spiro atoms. The molecule has 1 saturated heterocycles. The van der Waals surface area contributed by atoms with Crippen LogP contribution in [0.15, 0.2) is 0 Å². The van der Waals surface area contributed by atoms with Crippen LogP contribution < -0.4 is 5.73 Å². The summed E-state index contributed by atoms with van der Waals surface area (Å²) in [7, 11) is 2.25. The van der Waals surface area contributed by atoms with Crippen molar-refractivity contribution >= 4 is 0 Å². The van der Waals surface area contributed by atoms with E-state index in [-0.39, 0.29) is 11.1 Å². The molecule has 114 valence electrons. The summed E-state index contributed by atoms with van der Waals surface area (Å²) in [5.41, 5.74) is 6.28. The van der Waals surface area contributed by atoms with Gasteiger partial charge in [-0.05, 0) is 52.5 Å². The van der Waals surface area contributed by atoms with Crippen LogP contribution in [0.25, 0.3) is 0 Å². The molecular weight excluding hydrogens is 236 g/mol. The first-order valence-electron chi connectivity index (χ1n) is 7.85. The Morgan fingerprint density at radius 3 is 2.42 bits per heavy atom. The minimum Gasteiger partial charge on any atom is -0.375 e. The van der Waals surface area contributed by atoms with Crippen molar-refractivity contribution in [3.8, 4) is 0 Å². The van der Waals surface area contributed by atoms with Crippen molar-refractivity contribution in [2.75, 3.05) is 20.2 Å². The van der Waals surface area contributed by atoms with Crippen molar-refractivity contribution < 1.29 is 4.74 Å². The fraction of sp³-hybridized carbons (Fsp3) is 1.00. The maximum atomic E-state index is 6.19. The molecule has 0 aromatic rings. The summed E-state index contributed by atoms with van der Waals surface area (Å²) in [6, 6.07) is 0.572. The van der Waals surface area contributed by atoms with Crippen LogP contribution in [0.4, 0.5) is 0 Å². The third kappa shape index (κ3) is 3.93. The molecule has 1 fully saturated rings. The highest BCUT2D eigenvalue weighted by Gasteiger charge is 2.45. The molecule has 1 rings (SSSR count). The van der Waals surface area contributed by atoms with Crippen LogP contribution in [0.1, 0.15) is 60.3 Å². The fourth-order valence-electron chi connectivity index (χ4n) is 3.48. The monoisotopic (exact) mass is 270 g/mol. The predicted molar refractivity (Wildman–Crippen MR) is 82.3 cm³/mol. The molecular formula is C16H34N2O. The summed E-state index contributed by atoms with van der Waals surface area (Å²) in [5, 5.41) is 0. The Morgan fingerprint density at radius 1 is 1.32 bits per heavy atom. The molecule has 0 aromatic carbocycles. The van der Waals surface area contributed by atoms with E-state index in [9.17, 15) is 0 Å². The van der Waals surface area contributed by atoms with Gasteiger partial charge in [0.05, 0.1) is 5.60 Å². The maximum Gasteiger partial charge on any atom is 0.0670 e. The Labute approximate surface area is 119 Å². The minimum absolute atomic E-state index is 0.0105. The highest BCUT2D eigenvalue weighted by atomic mass is 16.5. The van der Waals surface area contributed by atoms with E-state index in [1.807, 2.05) is 0 Å². The van der Waals surface area contributed by atoms with E-state index >= 15 is 0 Å². The molecule has 19 heavy (non-hydrogen) atoms. The van der Waals surface area contributed by atoms with Gasteiger partial charge < -0.3 is 10.5 Å². The minimum atomic E-state index is -0.0105. The Morgan fingerprint density at radius 2 is 1.95 bits per heavy atom. The van der Waals surface area contributed by atoms with Crippen LogP contribution >= 0.6 is 0 Å². The molecule has 3 unspecified atom stereocenters. The Balaban J connectivity index is 2.84. The van der Waals surface area contributed by atoms with Gasteiger partial charge in [-0.3, -0.25) is 4.90 Å². The number of nitrogens with two attached hydrogens (primary N) is 1. The first-order chi connectivity index (χ1) is 8.78. The molecule has 0 saturated carbocycles. The van der Waals surface area contributed by atoms with Gasteiger partial charge >= 0.3 is 0 Å². The standard InChI is InChI=1S/C16H34N2O/c1-7-15(5)11-16(12-17,8-9-19-15)18(6)14(4)10-13(2)3/h13-14H,7-12,17H2,1-6H3. The van der Waals surface area contributed by atoms with E-state index < -0.39 is 0 Å². The number of rotatable bonds is 6. The van der Waals surface area contributed by atoms with Crippen molar-refractivity contribution in [1.82, 2.24) is 4.90 Å². The molecule has 0 radical (unpaired) electrons. The highest BCUT2D eigenvalue weighted by Crippen LogP contribution is 2.38. The van der Waals surface area contributed by atoms with E-state index in [1.165, 1.54) is 6.42 Å². The normalized spacial score (nSPS) is 33.9. The maximum absolute atomic E-state index is 6.19. The summed E-state index contributed by atoms with van der Waals surface area (Å²) in [6.07, 6.45) is 4.38. The lowest BCUT2D eigenvalue weighted by molar-refractivity contribution is -0.131. The van der Waals surface area contributed by atoms with Gasteiger partial charge in [0, 0.05) is 24.7 Å². The lowest BCUT2D eigenvalue weighted by Gasteiger charge is -2.52. The van der Waals surface area contributed by atoms with Gasteiger partial charge in [0.1, 0.15) is 0 Å². The van der Waals surface area contributed by atoms with E-state index in [0.29, 0.717) is 6.04 Å². The third-order valence-corrected chi connectivity index (χ3v) is 5.07. The molecule has 0 aliphatic carbocycles. The molecule has 1 heterocycles. The molecule has 0 amide bonds. The molecule has 0 aromatic heterocycles. The van der Waals surface area contributed by atoms with Crippen LogP contribution in [0.3, 0.4) is 0 Å². The lowest BCUT2D eigenvalue weighted by Crippen LogP contribution is -2.62. The van der Waals surface area contributed by atoms with E-state index in [1.54, 1.807) is 0 Å². The van der Waals surface area contributed by atoms with Crippen LogP contribution in [-0.2, 0) is 4.74 Å². The number of ether oxygens (including phenoxy) is 1. The van der Waals surface area contributed by atoms with E-state index in [0.717, 1.165) is 38.3 Å². The lowest BCUT2D eigenvalue weighted by atomic mass is 9.77. The van der Waals surface area contributed by atoms with Crippen molar-refractivity contribution in [3.63, 3.8) is 0 Å². The second kappa shape index (κ2) is 6.55. The van der Waals surface area contributed by atoms with Crippen molar-refractivity contribution in [2.45, 2.75) is 77.5 Å². The zero-order chi connectivity index (χ0) is 14.7. The highest BCUT2D eigenvalue weighted by molar-refractivity contribution is 5.00. The Hall–Kier alpha value is -0.120. The predicted octanol–water partition coefficient (Wildman–Crippen LogP) is 3.03. The van der Waals surface area contributed by atoms with Gasteiger partial charge in [-0.2, -0.15) is 0 Å². The molecule has 1 aliphatic heterocycles. The number of hydrogen-bond acceptors (Lipinski definition) is 3. The average Bonchev–Trinajstić information content (AvgIpc) is 2.37. The number of hydrogen-bond donors (Lipinski definition) is 1. The SMILES string of the molecule is CCC1(C)CC(CN)(N(C)C(C)CC(C)C)CCO1. The largest absolute Gasteiger partial charge is 0.375 e. The summed E-state index contributed by atoms with van der Waals surface area (Å²) in [6.45, 7) is 12.9. The van der Waals surface area contributed by atoms with Crippen LogP contribution in [0.2, 0.25) is 0 Å². The van der Waals surface area contributed by atoms with E-state index in [2.05, 4.69) is 46.6 Å². The molecule has 0 bridgehead atoms. The number of nitrogens with zero attached hydrogens (tertiary/aromatic N) is 1. The second-order valence-electron chi connectivity index (χ2n) is 7.10. The quantitative estimate of drug-likeness (QED) is 0.806. The molecule has 2 N–H and O–H groups in total. The first kappa shape index (κ1) is 16.9. The molecule has 3 atom stereocenters. The van der Waals surface area contributed by atoms with Crippen molar-refractivity contribution in [2.24, 2.45) is 11.7 Å². The van der Waals surface area contributed by atoms with Crippen molar-refractivity contribution in [3.05, 3.63) is 0 Å².